The molecule has 1 N–H and O–H groups in total. The molecule has 0 aromatic heterocycles. The Morgan fingerprint density at radius 2 is 1.60 bits per heavy atom. The second-order valence-electron chi connectivity index (χ2n) is 5.66. The molecule has 2 unspecified atom stereocenters. The molecule has 1 aliphatic rings. The zero-order chi connectivity index (χ0) is 23.1. The minimum Gasteiger partial charge on any atom is -0.790 e. The lowest BCUT2D eigenvalue weighted by atomic mass is 10.0. The van der Waals surface area contributed by atoms with Gasteiger partial charge < -0.3 is 38.5 Å². The average molecular weight is 502 g/mol. The molecule has 0 aliphatic carbocycles. The number of aliphatic hydroxyl groups excluding tert-OH is 1. The van der Waals surface area contributed by atoms with Crippen LogP contribution in [-0.4, -0.2) is 23.9 Å². The molecule has 5 atom stereocenters. The first kappa shape index (κ1) is 25.5. The van der Waals surface area contributed by atoms with Gasteiger partial charge in [0.1, 0.15) is 6.10 Å². The smallest absolute Gasteiger partial charge is 0.278 e. The Balaban J connectivity index is 2.05. The van der Waals surface area contributed by atoms with Crippen LogP contribution in [0.25, 0.3) is 0 Å². The summed E-state index contributed by atoms with van der Waals surface area (Å²) < 4.78 is 101. The van der Waals surface area contributed by atoms with Crippen LogP contribution in [0.5, 0.6) is 0 Å². The highest BCUT2D eigenvalue weighted by molar-refractivity contribution is 7.64. The van der Waals surface area contributed by atoms with Crippen LogP contribution in [0.3, 0.4) is 0 Å². The minimum atomic E-state index is -6.20. The van der Waals surface area contributed by atoms with Crippen molar-refractivity contribution in [3.05, 3.63) is 34.9 Å². The summed E-state index contributed by atoms with van der Waals surface area (Å²) in [4.78, 5) is 42.9. The standard InChI is InChI=1S/C11H13F4O12P3/c12-5-1-4(9(13)11(15)10(5)14)7-2-6(16)8(25-7)3-24-29(20,21)27-30(22,23)26-28(17,18)19/h1,6-8,16H,2-3H2,(H,20,21)(H,22,23)(H2,17,18,19)/p-4/t6-,7+,8+/m0/s1. The zero-order valence-electron chi connectivity index (χ0n) is 14.0. The highest BCUT2D eigenvalue weighted by atomic mass is 31.3. The Morgan fingerprint density at radius 1 is 1.00 bits per heavy atom. The van der Waals surface area contributed by atoms with Crippen LogP contribution in [0, 0.1) is 23.3 Å². The lowest BCUT2D eigenvalue weighted by molar-refractivity contribution is -0.339. The van der Waals surface area contributed by atoms with Crippen molar-refractivity contribution in [2.45, 2.75) is 24.7 Å². The number of hydrogen-bond acceptors (Lipinski definition) is 12. The average Bonchev–Trinajstić information content (AvgIpc) is 2.92. The van der Waals surface area contributed by atoms with Gasteiger partial charge in [0.15, 0.2) is 23.3 Å². The van der Waals surface area contributed by atoms with Crippen molar-refractivity contribution in [1.82, 2.24) is 0 Å². The first-order chi connectivity index (χ1) is 13.5. The molecule has 1 aliphatic heterocycles. The Morgan fingerprint density at radius 3 is 2.17 bits per heavy atom. The van der Waals surface area contributed by atoms with Gasteiger partial charge in [-0.05, 0) is 6.07 Å². The van der Waals surface area contributed by atoms with Gasteiger partial charge in [0.05, 0.1) is 26.6 Å². The molecule has 12 nitrogen and oxygen atoms in total. The van der Waals surface area contributed by atoms with Crippen molar-refractivity contribution < 1.29 is 73.8 Å². The third-order valence-electron chi connectivity index (χ3n) is 3.50. The summed E-state index contributed by atoms with van der Waals surface area (Å²) in [5.74, 6) is -7.83. The van der Waals surface area contributed by atoms with Gasteiger partial charge in [-0.25, -0.2) is 21.9 Å². The summed E-state index contributed by atoms with van der Waals surface area (Å²) >= 11 is 0. The molecule has 1 saturated heterocycles. The van der Waals surface area contributed by atoms with E-state index in [0.29, 0.717) is 0 Å². The summed E-state index contributed by atoms with van der Waals surface area (Å²) in [5, 5.41) is 9.80. The SMILES string of the molecule is O=P([O-])([O-])OP(=O)([O-])OP(=O)([O-])OC[C@H]1O[C@@H](c2cc(F)c(F)c(F)c2F)C[C@@H]1O. The third-order valence-corrected chi connectivity index (χ3v) is 7.16. The quantitative estimate of drug-likeness (QED) is 0.202. The molecule has 1 aromatic rings. The lowest BCUT2D eigenvalue weighted by Gasteiger charge is -2.37. The second-order valence-corrected chi connectivity index (χ2v) is 9.90. The molecule has 1 aromatic carbocycles. The normalized spacial score (nSPS) is 26.4. The van der Waals surface area contributed by atoms with Gasteiger partial charge in [0.25, 0.3) is 15.6 Å². The highest BCUT2D eigenvalue weighted by Crippen LogP contribution is 2.60. The molecular formula is C11H9F4O12P3-4. The number of aliphatic hydroxyl groups is 1. The fourth-order valence-corrected chi connectivity index (χ4v) is 5.22. The molecule has 172 valence electrons. The fraction of sp³-hybridized carbons (Fsp3) is 0.455. The molecular weight excluding hydrogens is 493 g/mol. The van der Waals surface area contributed by atoms with Crippen LogP contribution in [0.2, 0.25) is 0 Å². The van der Waals surface area contributed by atoms with E-state index in [4.69, 9.17) is 4.74 Å². The Kier molecular flexibility index (Phi) is 7.68. The molecule has 0 radical (unpaired) electrons. The summed E-state index contributed by atoms with van der Waals surface area (Å²) in [6.07, 6.45) is -5.41. The van der Waals surface area contributed by atoms with Gasteiger partial charge >= 0.3 is 0 Å². The van der Waals surface area contributed by atoms with Crippen molar-refractivity contribution in [2.24, 2.45) is 0 Å². The molecule has 2 rings (SSSR count). The first-order valence-electron chi connectivity index (χ1n) is 7.39. The minimum absolute atomic E-state index is 0.255. The number of phosphoric acid groups is 3. The maximum atomic E-state index is 13.8. The van der Waals surface area contributed by atoms with E-state index in [1.165, 1.54) is 0 Å². The van der Waals surface area contributed by atoms with Crippen LogP contribution in [-0.2, 0) is 31.6 Å². The number of halogens is 4. The van der Waals surface area contributed by atoms with E-state index in [-0.39, 0.29) is 6.07 Å². The second kappa shape index (κ2) is 9.02. The number of phosphoric ester groups is 1. The Hall–Kier alpha value is -0.730. The summed E-state index contributed by atoms with van der Waals surface area (Å²) in [6.45, 7) is -1.20. The van der Waals surface area contributed by atoms with Gasteiger partial charge in [0, 0.05) is 12.0 Å². The maximum absolute atomic E-state index is 13.8. The molecule has 0 saturated carbocycles. The van der Waals surface area contributed by atoms with Gasteiger partial charge in [0.2, 0.25) is 0 Å². The number of ether oxygens (including phenoxy) is 1. The third kappa shape index (κ3) is 6.63. The van der Waals surface area contributed by atoms with E-state index in [1.54, 1.807) is 0 Å². The van der Waals surface area contributed by atoms with Crippen LogP contribution in [0.4, 0.5) is 17.6 Å². The number of rotatable bonds is 8. The van der Waals surface area contributed by atoms with Crippen LogP contribution in [0.15, 0.2) is 6.07 Å². The van der Waals surface area contributed by atoms with Crippen molar-refractivity contribution in [2.75, 3.05) is 6.61 Å². The van der Waals surface area contributed by atoms with Crippen LogP contribution in [0.1, 0.15) is 18.1 Å². The molecule has 19 heteroatoms. The largest absolute Gasteiger partial charge is 0.790 e. The first-order valence-corrected chi connectivity index (χ1v) is 11.8. The van der Waals surface area contributed by atoms with Gasteiger partial charge in [-0.3, -0.25) is 13.4 Å². The van der Waals surface area contributed by atoms with Gasteiger partial charge in [-0.15, -0.1) is 0 Å². The summed E-state index contributed by atoms with van der Waals surface area (Å²) in [5.41, 5.74) is -0.839. The monoisotopic (exact) mass is 502 g/mol. The van der Waals surface area contributed by atoms with E-state index < -0.39 is 83.6 Å². The zero-order valence-corrected chi connectivity index (χ0v) is 16.7. The van der Waals surface area contributed by atoms with Crippen LogP contribution >= 0.6 is 23.5 Å². The van der Waals surface area contributed by atoms with Crippen molar-refractivity contribution in [3.63, 3.8) is 0 Å². The van der Waals surface area contributed by atoms with E-state index in [0.717, 1.165) is 0 Å². The predicted molar refractivity (Wildman–Crippen MR) is 75.5 cm³/mol. The van der Waals surface area contributed by atoms with E-state index >= 15 is 0 Å². The fourth-order valence-electron chi connectivity index (χ4n) is 2.35. The summed E-state index contributed by atoms with van der Waals surface area (Å²) in [7, 11) is -18.3. The van der Waals surface area contributed by atoms with Crippen LogP contribution < -0.4 is 19.6 Å². The molecule has 0 bridgehead atoms. The Labute approximate surface area is 164 Å². The van der Waals surface area contributed by atoms with E-state index in [2.05, 4.69) is 13.1 Å². The van der Waals surface area contributed by atoms with E-state index in [9.17, 15) is 55.9 Å². The topological polar surface area (TPSA) is 201 Å². The molecule has 1 fully saturated rings. The summed E-state index contributed by atoms with van der Waals surface area (Å²) in [6, 6.07) is 0.255. The molecule has 30 heavy (non-hydrogen) atoms. The van der Waals surface area contributed by atoms with Crippen molar-refractivity contribution in [1.29, 1.82) is 0 Å². The highest BCUT2D eigenvalue weighted by Gasteiger charge is 2.38. The van der Waals surface area contributed by atoms with Crippen molar-refractivity contribution >= 4 is 23.5 Å². The predicted octanol–water partition coefficient (Wildman–Crippen LogP) is -0.751. The van der Waals surface area contributed by atoms with Gasteiger partial charge in [-0.2, -0.15) is 0 Å². The van der Waals surface area contributed by atoms with Crippen molar-refractivity contribution in [3.8, 4) is 0 Å². The number of hydrogen-bond donors (Lipinski definition) is 1. The molecule has 0 spiro atoms. The lowest BCUT2D eigenvalue weighted by Crippen LogP contribution is -2.27. The Bertz CT molecular complexity index is 954. The van der Waals surface area contributed by atoms with Gasteiger partial charge in [-0.1, -0.05) is 0 Å². The van der Waals surface area contributed by atoms with E-state index in [1.807, 2.05) is 0 Å². The molecule has 1 heterocycles. The number of benzene rings is 1. The maximum Gasteiger partial charge on any atom is 0.278 e. The molecule has 0 amide bonds.